The zero-order valence-electron chi connectivity index (χ0n) is 12.1. The topological polar surface area (TPSA) is 111 Å². The van der Waals surface area contributed by atoms with Crippen LogP contribution in [-0.2, 0) is 14.3 Å². The fourth-order valence-corrected chi connectivity index (χ4v) is 1.50. The first-order valence-corrected chi connectivity index (χ1v) is 6.49. The third-order valence-electron chi connectivity index (χ3n) is 2.56. The Bertz CT molecular complexity index is 571. The first kappa shape index (κ1) is 17.3. The highest BCUT2D eigenvalue weighted by Gasteiger charge is 2.05. The van der Waals surface area contributed by atoms with Crippen molar-refractivity contribution in [3.63, 3.8) is 0 Å². The highest BCUT2D eigenvalue weighted by atomic mass is 16.6. The zero-order chi connectivity index (χ0) is 16.4. The molecule has 0 fully saturated rings. The van der Waals surface area contributed by atoms with Gasteiger partial charge in [0.15, 0.2) is 0 Å². The number of benzene rings is 1. The molecule has 0 saturated heterocycles. The number of hydrogen-bond acceptors (Lipinski definition) is 5. The van der Waals surface area contributed by atoms with E-state index in [1.54, 1.807) is 6.07 Å². The zero-order valence-corrected chi connectivity index (χ0v) is 12.1. The van der Waals surface area contributed by atoms with Crippen LogP contribution in [0.25, 0.3) is 6.08 Å². The van der Waals surface area contributed by atoms with Crippen LogP contribution in [0.1, 0.15) is 5.56 Å². The van der Waals surface area contributed by atoms with Crippen molar-refractivity contribution in [1.29, 1.82) is 0 Å². The Morgan fingerprint density at radius 1 is 1.36 bits per heavy atom. The van der Waals surface area contributed by atoms with Gasteiger partial charge in [0.2, 0.25) is 11.8 Å². The van der Waals surface area contributed by atoms with Crippen LogP contribution in [0.2, 0.25) is 0 Å². The van der Waals surface area contributed by atoms with E-state index in [0.29, 0.717) is 18.7 Å². The number of non-ortho nitro benzene ring substituents is 1. The number of nitrogens with zero attached hydrogens (tertiary/aromatic N) is 1. The molecule has 0 aliphatic rings. The van der Waals surface area contributed by atoms with Crippen LogP contribution in [0.3, 0.4) is 0 Å². The molecule has 118 valence electrons. The number of carbonyl (C=O) groups is 2. The lowest BCUT2D eigenvalue weighted by molar-refractivity contribution is -0.384. The minimum Gasteiger partial charge on any atom is -0.383 e. The quantitative estimate of drug-likeness (QED) is 0.314. The number of nitrogens with one attached hydrogen (secondary N) is 2. The third kappa shape index (κ3) is 6.62. The van der Waals surface area contributed by atoms with Gasteiger partial charge in [0.05, 0.1) is 18.1 Å². The van der Waals surface area contributed by atoms with Crippen LogP contribution < -0.4 is 10.6 Å². The average Bonchev–Trinajstić information content (AvgIpc) is 2.51. The summed E-state index contributed by atoms with van der Waals surface area (Å²) < 4.78 is 4.77. The Morgan fingerprint density at radius 3 is 2.82 bits per heavy atom. The molecular formula is C14H17N3O5. The molecule has 1 aromatic carbocycles. The first-order valence-electron chi connectivity index (χ1n) is 6.49. The van der Waals surface area contributed by atoms with Gasteiger partial charge in [0.1, 0.15) is 0 Å². The van der Waals surface area contributed by atoms with Crippen LogP contribution in [0.15, 0.2) is 30.3 Å². The van der Waals surface area contributed by atoms with Crippen molar-refractivity contribution < 1.29 is 19.2 Å². The Hall–Kier alpha value is -2.74. The van der Waals surface area contributed by atoms with E-state index in [4.69, 9.17) is 4.74 Å². The molecule has 8 heteroatoms. The third-order valence-corrected chi connectivity index (χ3v) is 2.56. The maximum absolute atomic E-state index is 11.5. The van der Waals surface area contributed by atoms with Crippen molar-refractivity contribution in [1.82, 2.24) is 10.6 Å². The standard InChI is InChI=1S/C14H17N3O5/c1-22-8-7-15-14(19)10-16-13(18)6-5-11-3-2-4-12(9-11)17(20)21/h2-6,9H,7-8,10H2,1H3,(H,15,19)(H,16,18)/b6-5+. The van der Waals surface area contributed by atoms with Crippen LogP contribution in [0.4, 0.5) is 5.69 Å². The molecule has 0 heterocycles. The SMILES string of the molecule is COCCNC(=O)CNC(=O)/C=C/c1cccc([N+](=O)[O-])c1. The molecule has 0 aliphatic heterocycles. The maximum atomic E-state index is 11.5. The number of amides is 2. The van der Waals surface area contributed by atoms with E-state index in [9.17, 15) is 19.7 Å². The Labute approximate surface area is 127 Å². The summed E-state index contributed by atoms with van der Waals surface area (Å²) in [5, 5.41) is 15.6. The van der Waals surface area contributed by atoms with E-state index in [1.807, 2.05) is 0 Å². The van der Waals surface area contributed by atoms with Crippen molar-refractivity contribution in [2.75, 3.05) is 26.8 Å². The molecule has 0 unspecified atom stereocenters. The average molecular weight is 307 g/mol. The molecule has 0 aliphatic carbocycles. The molecule has 1 aromatic rings. The van der Waals surface area contributed by atoms with Gasteiger partial charge in [-0.05, 0) is 11.6 Å². The largest absolute Gasteiger partial charge is 0.383 e. The van der Waals surface area contributed by atoms with E-state index >= 15 is 0 Å². The van der Waals surface area contributed by atoms with Crippen LogP contribution in [-0.4, -0.2) is 43.5 Å². The summed E-state index contributed by atoms with van der Waals surface area (Å²) >= 11 is 0. The highest BCUT2D eigenvalue weighted by molar-refractivity contribution is 5.94. The van der Waals surface area contributed by atoms with E-state index in [1.165, 1.54) is 37.5 Å². The van der Waals surface area contributed by atoms with Crippen molar-refractivity contribution in [2.24, 2.45) is 0 Å². The van der Waals surface area contributed by atoms with E-state index in [-0.39, 0.29) is 18.1 Å². The summed E-state index contributed by atoms with van der Waals surface area (Å²) in [7, 11) is 1.52. The minimum absolute atomic E-state index is 0.0555. The van der Waals surface area contributed by atoms with Gasteiger partial charge in [-0.3, -0.25) is 19.7 Å². The molecule has 2 amide bonds. The lowest BCUT2D eigenvalue weighted by Crippen LogP contribution is -2.37. The van der Waals surface area contributed by atoms with Crippen molar-refractivity contribution in [3.8, 4) is 0 Å². The van der Waals surface area contributed by atoms with E-state index in [2.05, 4.69) is 10.6 Å². The lowest BCUT2D eigenvalue weighted by atomic mass is 10.2. The Morgan fingerprint density at radius 2 is 2.14 bits per heavy atom. The van der Waals surface area contributed by atoms with Crippen LogP contribution in [0, 0.1) is 10.1 Å². The lowest BCUT2D eigenvalue weighted by Gasteiger charge is -2.04. The van der Waals surface area contributed by atoms with Crippen LogP contribution >= 0.6 is 0 Å². The number of hydrogen-bond donors (Lipinski definition) is 2. The van der Waals surface area contributed by atoms with Gasteiger partial charge < -0.3 is 15.4 Å². The molecule has 0 saturated carbocycles. The molecule has 1 rings (SSSR count). The molecule has 0 atom stereocenters. The molecule has 0 spiro atoms. The minimum atomic E-state index is -0.512. The van der Waals surface area contributed by atoms with Gasteiger partial charge in [-0.15, -0.1) is 0 Å². The summed E-state index contributed by atoms with van der Waals surface area (Å²) in [6.07, 6.45) is 2.65. The van der Waals surface area contributed by atoms with Gasteiger partial charge in [-0.2, -0.15) is 0 Å². The van der Waals surface area contributed by atoms with Crippen molar-refractivity contribution >= 4 is 23.6 Å². The molecule has 0 aromatic heterocycles. The first-order chi connectivity index (χ1) is 10.5. The predicted molar refractivity (Wildman–Crippen MR) is 80.0 cm³/mol. The van der Waals surface area contributed by atoms with Gasteiger partial charge in [-0.1, -0.05) is 12.1 Å². The summed E-state index contributed by atoms with van der Waals surface area (Å²) in [6, 6.07) is 5.87. The van der Waals surface area contributed by atoms with E-state index < -0.39 is 10.8 Å². The number of carbonyl (C=O) groups excluding carboxylic acids is 2. The maximum Gasteiger partial charge on any atom is 0.270 e. The van der Waals surface area contributed by atoms with Gasteiger partial charge >= 0.3 is 0 Å². The fourth-order valence-electron chi connectivity index (χ4n) is 1.50. The second kappa shape index (κ2) is 9.24. The predicted octanol–water partition coefficient (Wildman–Crippen LogP) is 0.487. The number of nitro benzene ring substituents is 1. The molecule has 8 nitrogen and oxygen atoms in total. The number of ether oxygens (including phenoxy) is 1. The number of nitro groups is 1. The van der Waals surface area contributed by atoms with Gasteiger partial charge in [-0.25, -0.2) is 0 Å². The second-order valence-corrected chi connectivity index (χ2v) is 4.25. The smallest absolute Gasteiger partial charge is 0.270 e. The molecule has 2 N–H and O–H groups in total. The summed E-state index contributed by atoms with van der Waals surface area (Å²) in [6.45, 7) is 0.614. The summed E-state index contributed by atoms with van der Waals surface area (Å²) in [5.74, 6) is -0.789. The molecule has 0 bridgehead atoms. The summed E-state index contributed by atoms with van der Waals surface area (Å²) in [4.78, 5) is 33.0. The number of rotatable bonds is 8. The van der Waals surface area contributed by atoms with Gasteiger partial charge in [0.25, 0.3) is 5.69 Å². The molecular weight excluding hydrogens is 290 g/mol. The Kier molecular flexibility index (Phi) is 7.27. The van der Waals surface area contributed by atoms with Crippen LogP contribution in [0.5, 0.6) is 0 Å². The van der Waals surface area contributed by atoms with Crippen molar-refractivity contribution in [3.05, 3.63) is 46.0 Å². The second-order valence-electron chi connectivity index (χ2n) is 4.25. The fraction of sp³-hybridized carbons (Fsp3) is 0.286. The molecule has 22 heavy (non-hydrogen) atoms. The summed E-state index contributed by atoms with van der Waals surface area (Å²) in [5.41, 5.74) is 0.467. The normalized spacial score (nSPS) is 10.4. The number of methoxy groups -OCH3 is 1. The van der Waals surface area contributed by atoms with E-state index in [0.717, 1.165) is 0 Å². The monoisotopic (exact) mass is 307 g/mol. The van der Waals surface area contributed by atoms with Crippen molar-refractivity contribution in [2.45, 2.75) is 0 Å². The molecule has 0 radical (unpaired) electrons. The Balaban J connectivity index is 2.43. The van der Waals surface area contributed by atoms with Gasteiger partial charge in [0, 0.05) is 31.9 Å². The highest BCUT2D eigenvalue weighted by Crippen LogP contribution is 2.13.